The first kappa shape index (κ1) is 24.9. The Bertz CT molecular complexity index is 1480. The topological polar surface area (TPSA) is 97.5 Å². The molecule has 2 aromatic heterocycles. The molecule has 0 unspecified atom stereocenters. The number of aliphatic imine (C=N–C) groups is 1. The number of nitro groups is 1. The summed E-state index contributed by atoms with van der Waals surface area (Å²) in [5.74, 6) is -0.213. The van der Waals surface area contributed by atoms with Crippen LogP contribution in [-0.2, 0) is 12.8 Å². The number of pyridine rings is 1. The molecule has 5 rings (SSSR count). The van der Waals surface area contributed by atoms with Crippen LogP contribution < -0.4 is 5.32 Å². The Morgan fingerprint density at radius 3 is 2.73 bits per heavy atom. The monoisotopic (exact) mass is 528 g/mol. The lowest BCUT2D eigenvalue weighted by Gasteiger charge is -2.12. The van der Waals surface area contributed by atoms with Gasteiger partial charge in [0.1, 0.15) is 5.00 Å². The maximum Gasteiger partial charge on any atom is 0.283 e. The van der Waals surface area contributed by atoms with Gasteiger partial charge in [0.15, 0.2) is 0 Å². The highest BCUT2D eigenvalue weighted by molar-refractivity contribution is 7.99. The average molecular weight is 529 g/mol. The van der Waals surface area contributed by atoms with Gasteiger partial charge in [-0.25, -0.2) is 4.99 Å². The molecule has 0 fully saturated rings. The van der Waals surface area contributed by atoms with Crippen molar-refractivity contribution in [2.24, 2.45) is 4.99 Å². The SMILES string of the molecule is Cc1ccc(Sc2ccc(C=Nc3sc4c(c3C(=O)Nc3cccnc3)CCCC4)cc2[N+](=O)[O-])cc1. The predicted molar refractivity (Wildman–Crippen MR) is 149 cm³/mol. The van der Waals surface area contributed by atoms with Gasteiger partial charge in [-0.1, -0.05) is 35.5 Å². The van der Waals surface area contributed by atoms with Gasteiger partial charge in [0.25, 0.3) is 11.6 Å². The average Bonchev–Trinajstić information content (AvgIpc) is 3.28. The highest BCUT2D eigenvalue weighted by Gasteiger charge is 2.25. The molecule has 2 heterocycles. The minimum Gasteiger partial charge on any atom is -0.320 e. The van der Waals surface area contributed by atoms with Gasteiger partial charge >= 0.3 is 0 Å². The summed E-state index contributed by atoms with van der Waals surface area (Å²) in [4.78, 5) is 36.1. The van der Waals surface area contributed by atoms with Crippen molar-refractivity contribution in [1.29, 1.82) is 0 Å². The van der Waals surface area contributed by atoms with E-state index in [2.05, 4.69) is 15.3 Å². The highest BCUT2D eigenvalue weighted by atomic mass is 32.2. The Hall–Kier alpha value is -3.82. The van der Waals surface area contributed by atoms with E-state index in [4.69, 9.17) is 0 Å². The molecular formula is C28H24N4O3S2. The third-order valence-corrected chi connectivity index (χ3v) is 8.33. The van der Waals surface area contributed by atoms with Gasteiger partial charge in [-0.15, -0.1) is 11.3 Å². The molecule has 0 saturated carbocycles. The molecule has 0 atom stereocenters. The van der Waals surface area contributed by atoms with Crippen molar-refractivity contribution in [2.75, 3.05) is 5.32 Å². The molecule has 37 heavy (non-hydrogen) atoms. The molecule has 186 valence electrons. The molecule has 4 aromatic rings. The molecule has 0 bridgehead atoms. The van der Waals surface area contributed by atoms with Gasteiger partial charge in [-0.3, -0.25) is 19.9 Å². The lowest BCUT2D eigenvalue weighted by atomic mass is 9.95. The van der Waals surface area contributed by atoms with Crippen molar-refractivity contribution in [3.63, 3.8) is 0 Å². The van der Waals surface area contributed by atoms with Gasteiger partial charge < -0.3 is 5.32 Å². The van der Waals surface area contributed by atoms with Crippen molar-refractivity contribution in [3.05, 3.63) is 104 Å². The predicted octanol–water partition coefficient (Wildman–Crippen LogP) is 7.39. The van der Waals surface area contributed by atoms with Crippen molar-refractivity contribution in [1.82, 2.24) is 4.98 Å². The van der Waals surface area contributed by atoms with E-state index in [0.717, 1.165) is 41.7 Å². The first-order valence-electron chi connectivity index (χ1n) is 11.9. The van der Waals surface area contributed by atoms with Gasteiger partial charge in [0.2, 0.25) is 0 Å². The number of rotatable bonds is 7. The summed E-state index contributed by atoms with van der Waals surface area (Å²) in [7, 11) is 0. The molecule has 1 amide bonds. The Balaban J connectivity index is 1.44. The molecule has 1 N–H and O–H groups in total. The number of carbonyl (C=O) groups is 1. The quantitative estimate of drug-likeness (QED) is 0.153. The number of hydrogen-bond acceptors (Lipinski definition) is 7. The van der Waals surface area contributed by atoms with Crippen molar-refractivity contribution in [2.45, 2.75) is 42.4 Å². The van der Waals surface area contributed by atoms with E-state index in [9.17, 15) is 14.9 Å². The largest absolute Gasteiger partial charge is 0.320 e. The number of nitro benzene ring substituents is 1. The van der Waals surface area contributed by atoms with E-state index in [1.165, 1.54) is 34.0 Å². The number of benzene rings is 2. The maximum atomic E-state index is 13.3. The van der Waals surface area contributed by atoms with Crippen LogP contribution in [0, 0.1) is 17.0 Å². The number of amides is 1. The van der Waals surface area contributed by atoms with E-state index in [0.29, 0.717) is 26.7 Å². The second-order valence-electron chi connectivity index (χ2n) is 8.74. The summed E-state index contributed by atoms with van der Waals surface area (Å²) in [5.41, 5.74) is 4.02. The number of nitrogens with one attached hydrogen (secondary N) is 1. The second-order valence-corrected chi connectivity index (χ2v) is 10.9. The number of anilines is 1. The van der Waals surface area contributed by atoms with Gasteiger partial charge in [-0.2, -0.15) is 0 Å². The van der Waals surface area contributed by atoms with Crippen molar-refractivity contribution >= 4 is 51.6 Å². The minimum atomic E-state index is -0.371. The van der Waals surface area contributed by atoms with E-state index in [1.54, 1.807) is 36.8 Å². The van der Waals surface area contributed by atoms with Crippen LogP contribution in [0.1, 0.15) is 44.8 Å². The van der Waals surface area contributed by atoms with Crippen LogP contribution in [0.25, 0.3) is 0 Å². The van der Waals surface area contributed by atoms with E-state index in [1.807, 2.05) is 37.3 Å². The number of nitrogens with zero attached hydrogens (tertiary/aromatic N) is 3. The fourth-order valence-corrected chi connectivity index (χ4v) is 6.35. The fraction of sp³-hybridized carbons (Fsp3) is 0.179. The summed E-state index contributed by atoms with van der Waals surface area (Å²) in [6.07, 6.45) is 8.76. The number of carbonyl (C=O) groups excluding carboxylic acids is 1. The normalized spacial score (nSPS) is 12.9. The molecule has 1 aliphatic carbocycles. The first-order chi connectivity index (χ1) is 18.0. The minimum absolute atomic E-state index is 0.0227. The molecular weight excluding hydrogens is 504 g/mol. The zero-order valence-electron chi connectivity index (χ0n) is 20.1. The first-order valence-corrected chi connectivity index (χ1v) is 13.5. The van der Waals surface area contributed by atoms with Crippen molar-refractivity contribution < 1.29 is 9.72 Å². The van der Waals surface area contributed by atoms with Gasteiger partial charge in [0.05, 0.1) is 27.3 Å². The molecule has 2 aromatic carbocycles. The van der Waals surface area contributed by atoms with Crippen LogP contribution >= 0.6 is 23.1 Å². The molecule has 0 saturated heterocycles. The lowest BCUT2D eigenvalue weighted by Crippen LogP contribution is -2.14. The number of thiophene rings is 1. The second kappa shape index (κ2) is 11.1. The summed E-state index contributed by atoms with van der Waals surface area (Å²) >= 11 is 2.88. The standard InChI is InChI=1S/C28H24N4O3S2/c1-18-8-11-21(12-9-18)36-25-13-10-19(15-23(25)32(34)35)16-30-28-26(22-6-2-3-7-24(22)37-28)27(33)31-20-5-4-14-29-17-20/h4-5,8-17H,2-3,6-7H2,1H3,(H,31,33). The summed E-state index contributed by atoms with van der Waals surface area (Å²) in [6.45, 7) is 2.00. The van der Waals surface area contributed by atoms with E-state index in [-0.39, 0.29) is 16.5 Å². The maximum absolute atomic E-state index is 13.3. The summed E-state index contributed by atoms with van der Waals surface area (Å²) in [6, 6.07) is 16.5. The van der Waals surface area contributed by atoms with Gasteiger partial charge in [0, 0.05) is 28.3 Å². The number of aromatic nitrogens is 1. The van der Waals surface area contributed by atoms with E-state index >= 15 is 0 Å². The number of aryl methyl sites for hydroxylation is 2. The van der Waals surface area contributed by atoms with Crippen LogP contribution in [0.15, 0.2) is 81.8 Å². The Labute approximate surface area is 222 Å². The van der Waals surface area contributed by atoms with Crippen LogP contribution in [0.3, 0.4) is 0 Å². The summed E-state index contributed by atoms with van der Waals surface area (Å²) < 4.78 is 0. The van der Waals surface area contributed by atoms with Crippen LogP contribution in [0.2, 0.25) is 0 Å². The molecule has 7 nitrogen and oxygen atoms in total. The van der Waals surface area contributed by atoms with Crippen molar-refractivity contribution in [3.8, 4) is 0 Å². The Kier molecular flexibility index (Phi) is 7.43. The highest BCUT2D eigenvalue weighted by Crippen LogP contribution is 2.40. The number of fused-ring (bicyclic) bond motifs is 1. The zero-order valence-corrected chi connectivity index (χ0v) is 21.8. The third-order valence-electron chi connectivity index (χ3n) is 6.06. The zero-order chi connectivity index (χ0) is 25.8. The molecule has 0 aliphatic heterocycles. The van der Waals surface area contributed by atoms with Crippen LogP contribution in [0.4, 0.5) is 16.4 Å². The van der Waals surface area contributed by atoms with Crippen LogP contribution in [-0.4, -0.2) is 22.0 Å². The Morgan fingerprint density at radius 2 is 1.97 bits per heavy atom. The van der Waals surface area contributed by atoms with Crippen LogP contribution in [0.5, 0.6) is 0 Å². The van der Waals surface area contributed by atoms with E-state index < -0.39 is 0 Å². The molecule has 9 heteroatoms. The fourth-order valence-electron chi connectivity index (χ4n) is 4.22. The van der Waals surface area contributed by atoms with Gasteiger partial charge in [-0.05, 0) is 74.1 Å². The Morgan fingerprint density at radius 1 is 1.16 bits per heavy atom. The molecule has 0 spiro atoms. The molecule has 1 aliphatic rings. The summed E-state index contributed by atoms with van der Waals surface area (Å²) in [5, 5.41) is 15.4. The lowest BCUT2D eigenvalue weighted by molar-refractivity contribution is -0.387. The molecule has 0 radical (unpaired) electrons. The number of hydrogen-bond donors (Lipinski definition) is 1. The smallest absolute Gasteiger partial charge is 0.283 e. The third kappa shape index (κ3) is 5.79.